The molecule has 4 heteroatoms. The Kier molecular flexibility index (Phi) is 3.17. The molecule has 0 spiro atoms. The highest BCUT2D eigenvalue weighted by atomic mass is 16.2. The van der Waals surface area contributed by atoms with Crippen molar-refractivity contribution in [1.29, 1.82) is 0 Å². The molecule has 2 atom stereocenters. The van der Waals surface area contributed by atoms with Crippen molar-refractivity contribution in [1.82, 2.24) is 10.2 Å². The zero-order chi connectivity index (χ0) is 11.7. The van der Waals surface area contributed by atoms with E-state index < -0.39 is 0 Å². The first-order valence-corrected chi connectivity index (χ1v) is 6.20. The summed E-state index contributed by atoms with van der Waals surface area (Å²) >= 11 is 0. The van der Waals surface area contributed by atoms with Crippen molar-refractivity contribution in [3.63, 3.8) is 0 Å². The van der Waals surface area contributed by atoms with Gasteiger partial charge in [0.05, 0.1) is 6.54 Å². The van der Waals surface area contributed by atoms with E-state index in [0.29, 0.717) is 12.3 Å². The minimum absolute atomic E-state index is 0.0190. The number of amides is 2. The highest BCUT2D eigenvalue weighted by Gasteiger charge is 2.35. The molecule has 1 N–H and O–H groups in total. The normalized spacial score (nSPS) is 27.9. The number of nitrogens with zero attached hydrogens (tertiary/aromatic N) is 1. The zero-order valence-electron chi connectivity index (χ0n) is 10.0. The van der Waals surface area contributed by atoms with Gasteiger partial charge in [-0.2, -0.15) is 0 Å². The molecular weight excluding hydrogens is 204 g/mol. The molecule has 2 amide bonds. The van der Waals surface area contributed by atoms with Gasteiger partial charge in [0.1, 0.15) is 6.04 Å². The third kappa shape index (κ3) is 2.36. The predicted molar refractivity (Wildman–Crippen MR) is 60.7 cm³/mol. The number of piperazine rings is 1. The number of hydrogen-bond donors (Lipinski definition) is 1. The summed E-state index contributed by atoms with van der Waals surface area (Å²) in [7, 11) is 0. The van der Waals surface area contributed by atoms with Gasteiger partial charge in [-0.05, 0) is 31.1 Å². The van der Waals surface area contributed by atoms with Gasteiger partial charge in [-0.1, -0.05) is 13.8 Å². The summed E-state index contributed by atoms with van der Waals surface area (Å²) in [5.74, 6) is 1.38. The van der Waals surface area contributed by atoms with Crippen LogP contribution in [0.5, 0.6) is 0 Å². The largest absolute Gasteiger partial charge is 0.343 e. The number of nitrogens with one attached hydrogen (secondary N) is 1. The fourth-order valence-corrected chi connectivity index (χ4v) is 2.37. The first kappa shape index (κ1) is 11.4. The van der Waals surface area contributed by atoms with E-state index in [4.69, 9.17) is 0 Å². The van der Waals surface area contributed by atoms with Gasteiger partial charge in [-0.15, -0.1) is 0 Å². The fraction of sp³-hybridized carbons (Fsp3) is 0.833. The summed E-state index contributed by atoms with van der Waals surface area (Å²) in [5, 5.41) is 2.73. The van der Waals surface area contributed by atoms with Gasteiger partial charge in [-0.25, -0.2) is 0 Å². The molecule has 90 valence electrons. The molecule has 16 heavy (non-hydrogen) atoms. The van der Waals surface area contributed by atoms with E-state index in [1.807, 2.05) is 6.92 Å². The van der Waals surface area contributed by atoms with Crippen LogP contribution in [0.25, 0.3) is 0 Å². The van der Waals surface area contributed by atoms with Crippen LogP contribution in [0.3, 0.4) is 0 Å². The molecule has 1 aliphatic heterocycles. The maximum atomic E-state index is 12.0. The van der Waals surface area contributed by atoms with Crippen LogP contribution in [-0.4, -0.2) is 35.8 Å². The molecule has 2 fully saturated rings. The van der Waals surface area contributed by atoms with Crippen LogP contribution < -0.4 is 5.32 Å². The van der Waals surface area contributed by atoms with Crippen LogP contribution in [0, 0.1) is 11.8 Å². The Balaban J connectivity index is 1.95. The lowest BCUT2D eigenvalue weighted by Crippen LogP contribution is -2.58. The van der Waals surface area contributed by atoms with Crippen molar-refractivity contribution >= 4 is 11.8 Å². The molecule has 0 aromatic carbocycles. The van der Waals surface area contributed by atoms with Crippen molar-refractivity contribution in [3.8, 4) is 0 Å². The molecule has 1 heterocycles. The first-order chi connectivity index (χ1) is 7.61. The molecule has 0 aromatic rings. The van der Waals surface area contributed by atoms with Crippen LogP contribution in [-0.2, 0) is 9.59 Å². The van der Waals surface area contributed by atoms with Crippen molar-refractivity contribution in [2.24, 2.45) is 11.8 Å². The van der Waals surface area contributed by atoms with Crippen LogP contribution in [0.15, 0.2) is 0 Å². The van der Waals surface area contributed by atoms with Crippen molar-refractivity contribution in [3.05, 3.63) is 0 Å². The Morgan fingerprint density at radius 1 is 1.44 bits per heavy atom. The van der Waals surface area contributed by atoms with E-state index in [9.17, 15) is 9.59 Å². The predicted octanol–water partition coefficient (Wildman–Crippen LogP) is 0.769. The van der Waals surface area contributed by atoms with E-state index in [1.165, 1.54) is 12.8 Å². The number of carbonyl (C=O) groups excluding carboxylic acids is 2. The molecule has 0 bridgehead atoms. The molecule has 1 saturated carbocycles. The Labute approximate surface area is 96.4 Å². The third-order valence-corrected chi connectivity index (χ3v) is 3.62. The zero-order valence-corrected chi connectivity index (χ0v) is 10.0. The molecule has 1 saturated heterocycles. The maximum absolute atomic E-state index is 12.0. The van der Waals surface area contributed by atoms with E-state index >= 15 is 0 Å². The lowest BCUT2D eigenvalue weighted by molar-refractivity contribution is -0.145. The van der Waals surface area contributed by atoms with Gasteiger partial charge in [-0.3, -0.25) is 9.59 Å². The molecule has 0 aromatic heterocycles. The average molecular weight is 224 g/mol. The second-order valence-corrected chi connectivity index (χ2v) is 5.06. The van der Waals surface area contributed by atoms with Crippen LogP contribution in [0.4, 0.5) is 0 Å². The number of rotatable bonds is 4. The smallest absolute Gasteiger partial charge is 0.245 e. The highest BCUT2D eigenvalue weighted by Crippen LogP contribution is 2.37. The lowest BCUT2D eigenvalue weighted by atomic mass is 10.0. The SMILES string of the molecule is CCC1NC(=O)CN(CC(C)C2CC2)C1=O. The van der Waals surface area contributed by atoms with E-state index in [-0.39, 0.29) is 24.4 Å². The van der Waals surface area contributed by atoms with Gasteiger partial charge < -0.3 is 10.2 Å². The van der Waals surface area contributed by atoms with Crippen molar-refractivity contribution in [2.75, 3.05) is 13.1 Å². The summed E-state index contributed by atoms with van der Waals surface area (Å²) < 4.78 is 0. The number of carbonyl (C=O) groups is 2. The van der Waals surface area contributed by atoms with Gasteiger partial charge in [0.15, 0.2) is 0 Å². The second-order valence-electron chi connectivity index (χ2n) is 5.06. The third-order valence-electron chi connectivity index (χ3n) is 3.62. The maximum Gasteiger partial charge on any atom is 0.245 e. The first-order valence-electron chi connectivity index (χ1n) is 6.20. The quantitative estimate of drug-likeness (QED) is 0.766. The van der Waals surface area contributed by atoms with Crippen LogP contribution in [0.1, 0.15) is 33.1 Å². The second kappa shape index (κ2) is 4.44. The summed E-state index contributed by atoms with van der Waals surface area (Å²) in [6.07, 6.45) is 3.25. The summed E-state index contributed by atoms with van der Waals surface area (Å²) in [5.41, 5.74) is 0. The van der Waals surface area contributed by atoms with Crippen LogP contribution >= 0.6 is 0 Å². The van der Waals surface area contributed by atoms with Crippen molar-refractivity contribution < 1.29 is 9.59 Å². The van der Waals surface area contributed by atoms with Gasteiger partial charge in [0.25, 0.3) is 0 Å². The molecule has 2 rings (SSSR count). The minimum Gasteiger partial charge on any atom is -0.343 e. The summed E-state index contributed by atoms with van der Waals surface area (Å²) in [4.78, 5) is 25.2. The van der Waals surface area contributed by atoms with Gasteiger partial charge in [0, 0.05) is 6.54 Å². The van der Waals surface area contributed by atoms with E-state index in [1.54, 1.807) is 4.90 Å². The highest BCUT2D eigenvalue weighted by molar-refractivity contribution is 5.94. The van der Waals surface area contributed by atoms with Crippen molar-refractivity contribution in [2.45, 2.75) is 39.2 Å². The Bertz CT molecular complexity index is 299. The Morgan fingerprint density at radius 2 is 2.12 bits per heavy atom. The summed E-state index contributed by atoms with van der Waals surface area (Å²) in [6.45, 7) is 5.09. The molecule has 2 aliphatic rings. The fourth-order valence-electron chi connectivity index (χ4n) is 2.37. The lowest BCUT2D eigenvalue weighted by Gasteiger charge is -2.33. The topological polar surface area (TPSA) is 49.4 Å². The van der Waals surface area contributed by atoms with Gasteiger partial charge in [0.2, 0.25) is 11.8 Å². The average Bonchev–Trinajstić information content (AvgIpc) is 3.06. The molecule has 2 unspecified atom stereocenters. The molecular formula is C12H20N2O2. The summed E-state index contributed by atoms with van der Waals surface area (Å²) in [6, 6.07) is -0.298. The Morgan fingerprint density at radius 3 is 2.69 bits per heavy atom. The van der Waals surface area contributed by atoms with E-state index in [2.05, 4.69) is 12.2 Å². The van der Waals surface area contributed by atoms with E-state index in [0.717, 1.165) is 12.5 Å². The Hall–Kier alpha value is -1.06. The minimum atomic E-state index is -0.298. The molecule has 0 radical (unpaired) electrons. The standard InChI is InChI=1S/C12H20N2O2/c1-3-10-12(16)14(7-11(15)13-10)6-8(2)9-4-5-9/h8-10H,3-7H2,1-2H3,(H,13,15). The van der Waals surface area contributed by atoms with Crippen LogP contribution in [0.2, 0.25) is 0 Å². The molecule has 4 nitrogen and oxygen atoms in total. The van der Waals surface area contributed by atoms with Gasteiger partial charge >= 0.3 is 0 Å². The molecule has 1 aliphatic carbocycles. The monoisotopic (exact) mass is 224 g/mol. The number of hydrogen-bond acceptors (Lipinski definition) is 2.